The normalized spacial score (nSPS) is 31.4. The Morgan fingerprint density at radius 3 is 2.32 bits per heavy atom. The van der Waals surface area contributed by atoms with E-state index >= 15 is 0 Å². The zero-order chi connectivity index (χ0) is 17.6. The Balaban J connectivity index is 1.43. The molecule has 4 atom stereocenters. The number of halogens is 1. The van der Waals surface area contributed by atoms with Gasteiger partial charge in [-0.2, -0.15) is 0 Å². The number of benzene rings is 1. The SMILES string of the molecule is O=C([O-])[C@@H]1[C@@H](C(=O)N2CCN(c3ccccc3F)CC2)[C@H]2CC[C@@H]1O2. The lowest BCUT2D eigenvalue weighted by Crippen LogP contribution is -2.54. The maximum atomic E-state index is 13.9. The molecule has 1 amide bonds. The van der Waals surface area contributed by atoms with Crippen LogP contribution in [-0.2, 0) is 14.3 Å². The van der Waals surface area contributed by atoms with Gasteiger partial charge in [-0.1, -0.05) is 12.1 Å². The molecule has 3 aliphatic heterocycles. The van der Waals surface area contributed by atoms with E-state index in [1.54, 1.807) is 23.1 Å². The third kappa shape index (κ3) is 2.76. The number of carboxylic acid groups (broad SMARTS) is 1. The Labute approximate surface area is 145 Å². The predicted octanol–water partition coefficient (Wildman–Crippen LogP) is 0.0178. The van der Waals surface area contributed by atoms with Crippen molar-refractivity contribution in [3.63, 3.8) is 0 Å². The van der Waals surface area contributed by atoms with Gasteiger partial charge in [0.15, 0.2) is 0 Å². The Bertz CT molecular complexity index is 689. The summed E-state index contributed by atoms with van der Waals surface area (Å²) in [5, 5.41) is 11.5. The van der Waals surface area contributed by atoms with Crippen LogP contribution in [0.25, 0.3) is 0 Å². The highest BCUT2D eigenvalue weighted by molar-refractivity contribution is 5.86. The first-order chi connectivity index (χ1) is 12.1. The van der Waals surface area contributed by atoms with Crippen molar-refractivity contribution in [1.29, 1.82) is 0 Å². The number of hydrogen-bond acceptors (Lipinski definition) is 5. The molecule has 3 fully saturated rings. The van der Waals surface area contributed by atoms with Gasteiger partial charge in [-0.05, 0) is 25.0 Å². The van der Waals surface area contributed by atoms with Crippen molar-refractivity contribution in [3.05, 3.63) is 30.1 Å². The van der Waals surface area contributed by atoms with E-state index in [0.29, 0.717) is 38.3 Å². The van der Waals surface area contributed by atoms with Crippen LogP contribution in [0.1, 0.15) is 12.8 Å². The molecular formula is C18H20FN2O4-. The van der Waals surface area contributed by atoms with Crippen LogP contribution in [0.2, 0.25) is 0 Å². The molecular weight excluding hydrogens is 327 g/mol. The van der Waals surface area contributed by atoms with Gasteiger partial charge < -0.3 is 24.4 Å². The van der Waals surface area contributed by atoms with Gasteiger partial charge >= 0.3 is 0 Å². The fourth-order valence-electron chi connectivity index (χ4n) is 4.38. The van der Waals surface area contributed by atoms with E-state index in [4.69, 9.17) is 4.74 Å². The van der Waals surface area contributed by atoms with Gasteiger partial charge in [0.25, 0.3) is 0 Å². The molecule has 6 nitrogen and oxygen atoms in total. The molecule has 0 radical (unpaired) electrons. The minimum Gasteiger partial charge on any atom is -0.550 e. The Morgan fingerprint density at radius 1 is 1.04 bits per heavy atom. The van der Waals surface area contributed by atoms with Gasteiger partial charge in [0.05, 0.1) is 23.8 Å². The van der Waals surface area contributed by atoms with Crippen molar-refractivity contribution in [2.45, 2.75) is 25.0 Å². The number of anilines is 1. The number of rotatable bonds is 3. The largest absolute Gasteiger partial charge is 0.550 e. The molecule has 1 aromatic carbocycles. The summed E-state index contributed by atoms with van der Waals surface area (Å²) in [5.41, 5.74) is 0.533. The number of carbonyl (C=O) groups excluding carboxylic acids is 2. The average molecular weight is 347 g/mol. The molecule has 0 spiro atoms. The van der Waals surface area contributed by atoms with Crippen molar-refractivity contribution < 1.29 is 23.8 Å². The summed E-state index contributed by atoms with van der Waals surface area (Å²) in [4.78, 5) is 27.9. The van der Waals surface area contributed by atoms with Gasteiger partial charge in [0.2, 0.25) is 5.91 Å². The van der Waals surface area contributed by atoms with Crippen molar-refractivity contribution >= 4 is 17.6 Å². The average Bonchev–Trinajstić information content (AvgIpc) is 3.23. The molecule has 3 aliphatic rings. The highest BCUT2D eigenvalue weighted by atomic mass is 19.1. The van der Waals surface area contributed by atoms with Gasteiger partial charge in [-0.15, -0.1) is 0 Å². The first-order valence-corrected chi connectivity index (χ1v) is 8.71. The van der Waals surface area contributed by atoms with Crippen molar-refractivity contribution in [2.24, 2.45) is 11.8 Å². The first kappa shape index (κ1) is 16.3. The van der Waals surface area contributed by atoms with Gasteiger partial charge in [-0.3, -0.25) is 4.79 Å². The van der Waals surface area contributed by atoms with E-state index in [1.807, 2.05) is 4.90 Å². The van der Waals surface area contributed by atoms with E-state index in [9.17, 15) is 19.1 Å². The second kappa shape index (κ2) is 6.29. The lowest BCUT2D eigenvalue weighted by Gasteiger charge is -2.39. The standard InChI is InChI=1S/C18H21FN2O4/c19-11-3-1-2-4-12(11)20-7-9-21(10-8-20)17(22)15-13-5-6-14(25-13)16(15)18(23)24/h1-4,13-16H,5-10H2,(H,23,24)/p-1/t13-,14+,15+,16+/m1/s1. The van der Waals surface area contributed by atoms with Crippen LogP contribution in [-0.4, -0.2) is 55.2 Å². The van der Waals surface area contributed by atoms with Crippen LogP contribution in [0.4, 0.5) is 10.1 Å². The molecule has 0 N–H and O–H groups in total. The van der Waals surface area contributed by atoms with Crippen LogP contribution in [0.3, 0.4) is 0 Å². The quantitative estimate of drug-likeness (QED) is 0.771. The maximum absolute atomic E-state index is 13.9. The Kier molecular flexibility index (Phi) is 4.11. The maximum Gasteiger partial charge on any atom is 0.229 e. The third-order valence-electron chi connectivity index (χ3n) is 5.62. The summed E-state index contributed by atoms with van der Waals surface area (Å²) in [6.07, 6.45) is 0.683. The zero-order valence-electron chi connectivity index (χ0n) is 13.8. The molecule has 3 saturated heterocycles. The monoisotopic (exact) mass is 347 g/mol. The number of carboxylic acids is 1. The smallest absolute Gasteiger partial charge is 0.229 e. The van der Waals surface area contributed by atoms with E-state index in [2.05, 4.69) is 0 Å². The van der Waals surface area contributed by atoms with E-state index in [1.165, 1.54) is 6.07 Å². The van der Waals surface area contributed by atoms with Crippen molar-refractivity contribution in [1.82, 2.24) is 4.90 Å². The lowest BCUT2D eigenvalue weighted by atomic mass is 9.78. The second-order valence-electron chi connectivity index (χ2n) is 6.92. The van der Waals surface area contributed by atoms with E-state index in [0.717, 1.165) is 6.42 Å². The van der Waals surface area contributed by atoms with E-state index < -0.39 is 23.9 Å². The number of hydrogen-bond donors (Lipinski definition) is 0. The molecule has 4 rings (SSSR count). The molecule has 2 bridgehead atoms. The molecule has 3 heterocycles. The predicted molar refractivity (Wildman–Crippen MR) is 85.1 cm³/mol. The van der Waals surface area contributed by atoms with Crippen LogP contribution >= 0.6 is 0 Å². The number of carbonyl (C=O) groups is 2. The molecule has 0 aliphatic carbocycles. The number of nitrogens with zero attached hydrogens (tertiary/aromatic N) is 2. The fraction of sp³-hybridized carbons (Fsp3) is 0.556. The summed E-state index contributed by atoms with van der Waals surface area (Å²) in [6, 6.07) is 6.58. The molecule has 134 valence electrons. The molecule has 0 aromatic heterocycles. The van der Waals surface area contributed by atoms with Crippen LogP contribution in [0.15, 0.2) is 24.3 Å². The molecule has 0 unspecified atom stereocenters. The van der Waals surface area contributed by atoms with Crippen LogP contribution in [0, 0.1) is 17.7 Å². The number of ether oxygens (including phenoxy) is 1. The molecule has 7 heteroatoms. The minimum atomic E-state index is -1.20. The van der Waals surface area contributed by atoms with Gasteiger partial charge in [0, 0.05) is 38.1 Å². The molecule has 0 saturated carbocycles. The Morgan fingerprint density at radius 2 is 1.68 bits per heavy atom. The topological polar surface area (TPSA) is 72.9 Å². The first-order valence-electron chi connectivity index (χ1n) is 8.71. The summed E-state index contributed by atoms with van der Waals surface area (Å²) in [5.74, 6) is -3.15. The summed E-state index contributed by atoms with van der Waals surface area (Å²) < 4.78 is 19.6. The molecule has 25 heavy (non-hydrogen) atoms. The number of fused-ring (bicyclic) bond motifs is 2. The number of piperazine rings is 1. The van der Waals surface area contributed by atoms with Crippen LogP contribution in [0.5, 0.6) is 0 Å². The number of aliphatic carboxylic acids is 1. The highest BCUT2D eigenvalue weighted by Crippen LogP contribution is 2.44. The third-order valence-corrected chi connectivity index (χ3v) is 5.62. The van der Waals surface area contributed by atoms with Gasteiger partial charge in [-0.25, -0.2) is 4.39 Å². The summed E-state index contributed by atoms with van der Waals surface area (Å²) in [7, 11) is 0. The fourth-order valence-corrected chi connectivity index (χ4v) is 4.38. The highest BCUT2D eigenvalue weighted by Gasteiger charge is 2.53. The minimum absolute atomic E-state index is 0.172. The molecule has 1 aromatic rings. The summed E-state index contributed by atoms with van der Waals surface area (Å²) >= 11 is 0. The van der Waals surface area contributed by atoms with Gasteiger partial charge in [0.1, 0.15) is 5.82 Å². The number of para-hydroxylation sites is 1. The Hall–Kier alpha value is -2.15. The zero-order valence-corrected chi connectivity index (χ0v) is 13.8. The lowest BCUT2D eigenvalue weighted by molar-refractivity contribution is -0.314. The van der Waals surface area contributed by atoms with Crippen LogP contribution < -0.4 is 10.0 Å². The van der Waals surface area contributed by atoms with Crippen molar-refractivity contribution in [3.8, 4) is 0 Å². The summed E-state index contributed by atoms with van der Waals surface area (Å²) in [6.45, 7) is 1.93. The van der Waals surface area contributed by atoms with E-state index in [-0.39, 0.29) is 17.8 Å². The second-order valence-corrected chi connectivity index (χ2v) is 6.92. The van der Waals surface area contributed by atoms with Crippen molar-refractivity contribution in [2.75, 3.05) is 31.1 Å². The number of amides is 1.